The average molecular weight is 384 g/mol. The van der Waals surface area contributed by atoms with Crippen LogP contribution in [0.25, 0.3) is 0 Å². The minimum absolute atomic E-state index is 0.125. The van der Waals surface area contributed by atoms with Crippen LogP contribution in [0.15, 0.2) is 42.5 Å². The van der Waals surface area contributed by atoms with Crippen LogP contribution in [-0.4, -0.2) is 38.3 Å². The number of hydrogen-bond acceptors (Lipinski definition) is 5. The van der Waals surface area contributed by atoms with E-state index >= 15 is 0 Å². The zero-order valence-corrected chi connectivity index (χ0v) is 16.5. The number of amides is 1. The molecule has 6 heteroatoms. The minimum atomic E-state index is -0.788. The Morgan fingerprint density at radius 3 is 2.46 bits per heavy atom. The monoisotopic (exact) mass is 384 g/mol. The van der Waals surface area contributed by atoms with Crippen molar-refractivity contribution in [2.45, 2.75) is 31.8 Å². The molecule has 0 aliphatic carbocycles. The smallest absolute Gasteiger partial charge is 0.224 e. The van der Waals surface area contributed by atoms with Gasteiger partial charge in [0.2, 0.25) is 5.91 Å². The predicted octanol–water partition coefficient (Wildman–Crippen LogP) is 3.76. The SMILES string of the molecule is COc1ccc(C(O)CCC(=O)Nc2ccc(N3CCCC3)cc2)c(OC)c1. The number of methoxy groups -OCH3 is 2. The Labute approximate surface area is 166 Å². The highest BCUT2D eigenvalue weighted by molar-refractivity contribution is 5.90. The first-order valence-corrected chi connectivity index (χ1v) is 9.65. The van der Waals surface area contributed by atoms with E-state index in [9.17, 15) is 9.90 Å². The van der Waals surface area contributed by atoms with E-state index in [0.29, 0.717) is 23.5 Å². The van der Waals surface area contributed by atoms with Crippen molar-refractivity contribution in [2.24, 2.45) is 0 Å². The number of rotatable bonds is 8. The molecule has 0 bridgehead atoms. The summed E-state index contributed by atoms with van der Waals surface area (Å²) in [5.74, 6) is 1.08. The van der Waals surface area contributed by atoms with Crippen molar-refractivity contribution < 1.29 is 19.4 Å². The zero-order chi connectivity index (χ0) is 19.9. The number of nitrogens with zero attached hydrogens (tertiary/aromatic N) is 1. The highest BCUT2D eigenvalue weighted by Crippen LogP contribution is 2.31. The van der Waals surface area contributed by atoms with Crippen LogP contribution in [0.1, 0.15) is 37.4 Å². The van der Waals surface area contributed by atoms with E-state index in [1.54, 1.807) is 32.4 Å². The van der Waals surface area contributed by atoms with Gasteiger partial charge < -0.3 is 24.8 Å². The third kappa shape index (κ3) is 4.95. The van der Waals surface area contributed by atoms with Crippen molar-refractivity contribution in [3.63, 3.8) is 0 Å². The van der Waals surface area contributed by atoms with Gasteiger partial charge in [0.15, 0.2) is 0 Å². The molecule has 1 amide bonds. The Morgan fingerprint density at radius 2 is 1.82 bits per heavy atom. The lowest BCUT2D eigenvalue weighted by Crippen LogP contribution is -2.17. The Hall–Kier alpha value is -2.73. The van der Waals surface area contributed by atoms with Crippen LogP contribution in [0.2, 0.25) is 0 Å². The molecule has 1 aliphatic rings. The molecule has 150 valence electrons. The summed E-state index contributed by atoms with van der Waals surface area (Å²) in [6.45, 7) is 2.19. The molecule has 0 saturated carbocycles. The van der Waals surface area contributed by atoms with Crippen LogP contribution in [0.3, 0.4) is 0 Å². The van der Waals surface area contributed by atoms with Crippen molar-refractivity contribution in [3.8, 4) is 11.5 Å². The molecular weight excluding hydrogens is 356 g/mol. The van der Waals surface area contributed by atoms with Crippen molar-refractivity contribution >= 4 is 17.3 Å². The fourth-order valence-corrected chi connectivity index (χ4v) is 3.47. The molecule has 1 saturated heterocycles. The average Bonchev–Trinajstić information content (AvgIpc) is 3.27. The van der Waals surface area contributed by atoms with E-state index in [1.807, 2.05) is 24.3 Å². The number of carbonyl (C=O) groups is 1. The summed E-state index contributed by atoms with van der Waals surface area (Å²) in [4.78, 5) is 14.6. The van der Waals surface area contributed by atoms with Crippen molar-refractivity contribution in [1.82, 2.24) is 0 Å². The number of aliphatic hydroxyl groups is 1. The van der Waals surface area contributed by atoms with Crippen LogP contribution in [0.5, 0.6) is 11.5 Å². The van der Waals surface area contributed by atoms with Gasteiger partial charge in [0.1, 0.15) is 11.5 Å². The van der Waals surface area contributed by atoms with Crippen molar-refractivity contribution in [2.75, 3.05) is 37.5 Å². The topological polar surface area (TPSA) is 71.0 Å². The highest BCUT2D eigenvalue weighted by atomic mass is 16.5. The van der Waals surface area contributed by atoms with Crippen LogP contribution in [0, 0.1) is 0 Å². The van der Waals surface area contributed by atoms with Gasteiger partial charge in [0, 0.05) is 42.5 Å². The highest BCUT2D eigenvalue weighted by Gasteiger charge is 2.16. The number of carbonyl (C=O) groups excluding carboxylic acids is 1. The van der Waals surface area contributed by atoms with Gasteiger partial charge in [0.05, 0.1) is 20.3 Å². The quantitative estimate of drug-likeness (QED) is 0.725. The summed E-state index contributed by atoms with van der Waals surface area (Å²) in [5, 5.41) is 13.4. The lowest BCUT2D eigenvalue weighted by atomic mass is 10.0. The maximum atomic E-state index is 12.3. The second-order valence-electron chi connectivity index (χ2n) is 6.95. The summed E-state index contributed by atoms with van der Waals surface area (Å²) >= 11 is 0. The normalized spacial score (nSPS) is 14.6. The van der Waals surface area contributed by atoms with Crippen LogP contribution in [-0.2, 0) is 4.79 Å². The molecule has 2 aromatic rings. The van der Waals surface area contributed by atoms with Gasteiger partial charge in [-0.25, -0.2) is 0 Å². The van der Waals surface area contributed by atoms with E-state index in [0.717, 1.165) is 18.8 Å². The Bertz CT molecular complexity index is 786. The van der Waals surface area contributed by atoms with Crippen molar-refractivity contribution in [1.29, 1.82) is 0 Å². The number of aliphatic hydroxyl groups excluding tert-OH is 1. The molecule has 2 N–H and O–H groups in total. The molecule has 1 aliphatic heterocycles. The van der Waals surface area contributed by atoms with Gasteiger partial charge in [-0.15, -0.1) is 0 Å². The maximum absolute atomic E-state index is 12.3. The maximum Gasteiger partial charge on any atom is 0.224 e. The Balaban J connectivity index is 1.52. The van der Waals surface area contributed by atoms with E-state index < -0.39 is 6.10 Å². The molecule has 28 heavy (non-hydrogen) atoms. The van der Waals surface area contributed by atoms with Gasteiger partial charge in [-0.1, -0.05) is 0 Å². The van der Waals surface area contributed by atoms with Crippen molar-refractivity contribution in [3.05, 3.63) is 48.0 Å². The van der Waals surface area contributed by atoms with Gasteiger partial charge in [0.25, 0.3) is 0 Å². The number of benzene rings is 2. The molecule has 0 aromatic heterocycles. The predicted molar refractivity (Wildman–Crippen MR) is 110 cm³/mol. The van der Waals surface area contributed by atoms with Crippen LogP contribution < -0.4 is 19.7 Å². The van der Waals surface area contributed by atoms with Crippen LogP contribution >= 0.6 is 0 Å². The Kier molecular flexibility index (Phi) is 6.76. The van der Waals surface area contributed by atoms with Gasteiger partial charge in [-0.2, -0.15) is 0 Å². The van der Waals surface area contributed by atoms with Crippen LogP contribution in [0.4, 0.5) is 11.4 Å². The summed E-state index contributed by atoms with van der Waals surface area (Å²) in [7, 11) is 3.12. The molecule has 1 fully saturated rings. The number of anilines is 2. The van der Waals surface area contributed by atoms with E-state index in [2.05, 4.69) is 10.2 Å². The number of hydrogen-bond donors (Lipinski definition) is 2. The third-order valence-electron chi connectivity index (χ3n) is 5.07. The summed E-state index contributed by atoms with van der Waals surface area (Å²) < 4.78 is 10.5. The first kappa shape index (κ1) is 20.0. The molecule has 1 heterocycles. The number of ether oxygens (including phenoxy) is 2. The lowest BCUT2D eigenvalue weighted by molar-refractivity contribution is -0.116. The summed E-state index contributed by atoms with van der Waals surface area (Å²) in [5.41, 5.74) is 2.60. The first-order chi connectivity index (χ1) is 13.6. The van der Waals surface area contributed by atoms with Gasteiger partial charge in [-0.05, 0) is 55.7 Å². The molecule has 2 aromatic carbocycles. The zero-order valence-electron chi connectivity index (χ0n) is 16.5. The second-order valence-corrected chi connectivity index (χ2v) is 6.95. The minimum Gasteiger partial charge on any atom is -0.497 e. The largest absolute Gasteiger partial charge is 0.497 e. The number of nitrogens with one attached hydrogen (secondary N) is 1. The van der Waals surface area contributed by atoms with E-state index in [-0.39, 0.29) is 12.3 Å². The first-order valence-electron chi connectivity index (χ1n) is 9.65. The molecule has 1 unspecified atom stereocenters. The molecule has 1 atom stereocenters. The third-order valence-corrected chi connectivity index (χ3v) is 5.07. The second kappa shape index (κ2) is 9.46. The summed E-state index contributed by atoms with van der Waals surface area (Å²) in [6.07, 6.45) is 2.20. The van der Waals surface area contributed by atoms with Gasteiger partial charge >= 0.3 is 0 Å². The fraction of sp³-hybridized carbons (Fsp3) is 0.409. The summed E-state index contributed by atoms with van der Waals surface area (Å²) in [6, 6.07) is 13.2. The molecule has 0 spiro atoms. The molecular formula is C22H28N2O4. The van der Waals surface area contributed by atoms with E-state index in [1.165, 1.54) is 18.5 Å². The lowest BCUT2D eigenvalue weighted by Gasteiger charge is -2.18. The molecule has 3 rings (SSSR count). The fourth-order valence-electron chi connectivity index (χ4n) is 3.47. The van der Waals surface area contributed by atoms with Gasteiger partial charge in [-0.3, -0.25) is 4.79 Å². The molecule has 0 radical (unpaired) electrons. The Morgan fingerprint density at radius 1 is 1.11 bits per heavy atom. The van der Waals surface area contributed by atoms with E-state index in [4.69, 9.17) is 9.47 Å². The molecule has 6 nitrogen and oxygen atoms in total. The standard InChI is InChI=1S/C22H28N2O4/c1-27-18-9-10-19(21(15-18)28-2)20(25)11-12-22(26)23-16-5-7-17(8-6-16)24-13-3-4-14-24/h5-10,15,20,25H,3-4,11-14H2,1-2H3,(H,23,26).